The molecule has 1 heteroatoms. The molecule has 0 fully saturated rings. The molecule has 2 aromatic carbocycles. The first-order valence-corrected chi connectivity index (χ1v) is 7.53. The SMILES string of the molecule is CCCCC=Cc1cccc(C=Cc2ccccc2)c1O. The Morgan fingerprint density at radius 1 is 0.857 bits per heavy atom. The molecule has 0 bridgehead atoms. The zero-order chi connectivity index (χ0) is 14.9. The molecule has 0 atom stereocenters. The van der Waals surface area contributed by atoms with E-state index in [1.165, 1.54) is 12.8 Å². The smallest absolute Gasteiger partial charge is 0.129 e. The molecular weight excluding hydrogens is 256 g/mol. The third-order valence-corrected chi connectivity index (χ3v) is 3.38. The minimum Gasteiger partial charge on any atom is -0.507 e. The topological polar surface area (TPSA) is 20.2 Å². The lowest BCUT2D eigenvalue weighted by Crippen LogP contribution is -1.80. The van der Waals surface area contributed by atoms with E-state index in [2.05, 4.69) is 13.0 Å². The second-order valence-corrected chi connectivity index (χ2v) is 5.07. The van der Waals surface area contributed by atoms with Gasteiger partial charge in [-0.3, -0.25) is 0 Å². The van der Waals surface area contributed by atoms with E-state index in [0.29, 0.717) is 5.75 Å². The first-order chi connectivity index (χ1) is 10.3. The van der Waals surface area contributed by atoms with Gasteiger partial charge in [0.1, 0.15) is 5.75 Å². The number of hydrogen-bond acceptors (Lipinski definition) is 1. The number of allylic oxidation sites excluding steroid dienone is 1. The van der Waals surface area contributed by atoms with Gasteiger partial charge in [-0.05, 0) is 12.0 Å². The Kier molecular flexibility index (Phi) is 5.83. The maximum absolute atomic E-state index is 10.3. The van der Waals surface area contributed by atoms with Gasteiger partial charge in [0.25, 0.3) is 0 Å². The monoisotopic (exact) mass is 278 g/mol. The molecule has 2 rings (SSSR count). The first-order valence-electron chi connectivity index (χ1n) is 7.53. The molecule has 0 heterocycles. The van der Waals surface area contributed by atoms with Crippen LogP contribution < -0.4 is 0 Å². The minimum absolute atomic E-state index is 0.345. The number of aromatic hydroxyl groups is 1. The highest BCUT2D eigenvalue weighted by molar-refractivity contribution is 5.75. The average molecular weight is 278 g/mol. The highest BCUT2D eigenvalue weighted by atomic mass is 16.3. The maximum atomic E-state index is 10.3. The first kappa shape index (κ1) is 15.1. The number of unbranched alkanes of at least 4 members (excludes halogenated alkanes) is 2. The largest absolute Gasteiger partial charge is 0.507 e. The molecule has 1 N–H and O–H groups in total. The summed E-state index contributed by atoms with van der Waals surface area (Å²) in [5.41, 5.74) is 2.85. The maximum Gasteiger partial charge on any atom is 0.129 e. The third-order valence-electron chi connectivity index (χ3n) is 3.38. The van der Waals surface area contributed by atoms with Crippen molar-refractivity contribution in [2.75, 3.05) is 0 Å². The van der Waals surface area contributed by atoms with E-state index in [1.807, 2.05) is 66.8 Å². The second-order valence-electron chi connectivity index (χ2n) is 5.07. The summed E-state index contributed by atoms with van der Waals surface area (Å²) in [5.74, 6) is 0.345. The average Bonchev–Trinajstić information content (AvgIpc) is 2.53. The lowest BCUT2D eigenvalue weighted by Gasteiger charge is -2.03. The van der Waals surface area contributed by atoms with Crippen LogP contribution in [0.1, 0.15) is 42.9 Å². The van der Waals surface area contributed by atoms with Crippen molar-refractivity contribution in [2.45, 2.75) is 26.2 Å². The molecule has 0 saturated carbocycles. The van der Waals surface area contributed by atoms with Gasteiger partial charge in [0.15, 0.2) is 0 Å². The van der Waals surface area contributed by atoms with Gasteiger partial charge in [-0.15, -0.1) is 0 Å². The van der Waals surface area contributed by atoms with Crippen LogP contribution >= 0.6 is 0 Å². The summed E-state index contributed by atoms with van der Waals surface area (Å²) in [4.78, 5) is 0. The van der Waals surface area contributed by atoms with Crippen LogP contribution in [0.2, 0.25) is 0 Å². The molecule has 0 amide bonds. The Hall–Kier alpha value is -2.28. The van der Waals surface area contributed by atoms with Crippen molar-refractivity contribution in [3.8, 4) is 5.75 Å². The van der Waals surface area contributed by atoms with Gasteiger partial charge in [-0.2, -0.15) is 0 Å². The fourth-order valence-corrected chi connectivity index (χ4v) is 2.13. The van der Waals surface area contributed by atoms with Gasteiger partial charge in [-0.1, -0.05) is 92.6 Å². The van der Waals surface area contributed by atoms with Crippen molar-refractivity contribution in [2.24, 2.45) is 0 Å². The molecule has 0 aliphatic heterocycles. The van der Waals surface area contributed by atoms with Crippen LogP contribution in [0.15, 0.2) is 54.6 Å². The van der Waals surface area contributed by atoms with E-state index in [-0.39, 0.29) is 0 Å². The second kappa shape index (κ2) is 8.11. The van der Waals surface area contributed by atoms with E-state index < -0.39 is 0 Å². The van der Waals surface area contributed by atoms with Crippen molar-refractivity contribution < 1.29 is 5.11 Å². The minimum atomic E-state index is 0.345. The molecule has 0 aromatic heterocycles. The van der Waals surface area contributed by atoms with Gasteiger partial charge >= 0.3 is 0 Å². The lowest BCUT2D eigenvalue weighted by atomic mass is 10.1. The molecule has 0 spiro atoms. The van der Waals surface area contributed by atoms with Gasteiger partial charge in [-0.25, -0.2) is 0 Å². The van der Waals surface area contributed by atoms with E-state index in [0.717, 1.165) is 23.1 Å². The van der Waals surface area contributed by atoms with Crippen molar-refractivity contribution >= 4 is 18.2 Å². The fraction of sp³-hybridized carbons (Fsp3) is 0.200. The number of benzene rings is 2. The summed E-state index contributed by atoms with van der Waals surface area (Å²) in [6, 6.07) is 15.9. The predicted molar refractivity (Wildman–Crippen MR) is 92.0 cm³/mol. The Bertz CT molecular complexity index is 609. The van der Waals surface area contributed by atoms with Crippen LogP contribution in [-0.2, 0) is 0 Å². The Labute approximate surface area is 127 Å². The van der Waals surface area contributed by atoms with Gasteiger partial charge in [0, 0.05) is 11.1 Å². The molecule has 0 saturated heterocycles. The summed E-state index contributed by atoms with van der Waals surface area (Å²) in [7, 11) is 0. The Balaban J connectivity index is 2.14. The van der Waals surface area contributed by atoms with Crippen molar-refractivity contribution in [1.29, 1.82) is 0 Å². The standard InChI is InChI=1S/C20H22O/c1-2-3-4-8-12-18-13-9-14-19(20(18)21)16-15-17-10-6-5-7-11-17/h5-16,21H,2-4H2,1H3. The fourth-order valence-electron chi connectivity index (χ4n) is 2.13. The van der Waals surface area contributed by atoms with Crippen LogP contribution in [0, 0.1) is 0 Å². The predicted octanol–water partition coefficient (Wildman–Crippen LogP) is 5.77. The van der Waals surface area contributed by atoms with Crippen LogP contribution in [0.5, 0.6) is 5.75 Å². The quantitative estimate of drug-likeness (QED) is 0.525. The van der Waals surface area contributed by atoms with Crippen LogP contribution in [0.4, 0.5) is 0 Å². The van der Waals surface area contributed by atoms with E-state index >= 15 is 0 Å². The van der Waals surface area contributed by atoms with Crippen molar-refractivity contribution in [3.63, 3.8) is 0 Å². The highest BCUT2D eigenvalue weighted by Crippen LogP contribution is 2.25. The number of phenolic OH excluding ortho intramolecular Hbond substituents is 1. The molecule has 0 unspecified atom stereocenters. The lowest BCUT2D eigenvalue weighted by molar-refractivity contribution is 0.473. The van der Waals surface area contributed by atoms with Crippen molar-refractivity contribution in [3.05, 3.63) is 71.3 Å². The molecule has 108 valence electrons. The van der Waals surface area contributed by atoms with Gasteiger partial charge in [0.05, 0.1) is 0 Å². The number of rotatable bonds is 6. The van der Waals surface area contributed by atoms with Gasteiger partial charge in [0.2, 0.25) is 0 Å². The molecule has 0 aliphatic carbocycles. The zero-order valence-corrected chi connectivity index (χ0v) is 12.5. The molecule has 21 heavy (non-hydrogen) atoms. The third kappa shape index (κ3) is 4.64. The number of phenols is 1. The zero-order valence-electron chi connectivity index (χ0n) is 12.5. The van der Waals surface area contributed by atoms with E-state index in [1.54, 1.807) is 0 Å². The van der Waals surface area contributed by atoms with Crippen LogP contribution in [-0.4, -0.2) is 5.11 Å². The van der Waals surface area contributed by atoms with Crippen molar-refractivity contribution in [1.82, 2.24) is 0 Å². The molecule has 0 aliphatic rings. The molecule has 1 nitrogen and oxygen atoms in total. The Morgan fingerprint density at radius 2 is 1.57 bits per heavy atom. The molecular formula is C20H22O. The molecule has 2 aromatic rings. The summed E-state index contributed by atoms with van der Waals surface area (Å²) >= 11 is 0. The van der Waals surface area contributed by atoms with E-state index in [4.69, 9.17) is 0 Å². The number of para-hydroxylation sites is 1. The normalized spacial score (nSPS) is 11.5. The van der Waals surface area contributed by atoms with Gasteiger partial charge < -0.3 is 5.11 Å². The van der Waals surface area contributed by atoms with Crippen LogP contribution in [0.3, 0.4) is 0 Å². The Morgan fingerprint density at radius 3 is 2.29 bits per heavy atom. The summed E-state index contributed by atoms with van der Waals surface area (Å²) in [6.07, 6.45) is 11.5. The summed E-state index contributed by atoms with van der Waals surface area (Å²) < 4.78 is 0. The number of hydrogen-bond donors (Lipinski definition) is 1. The highest BCUT2D eigenvalue weighted by Gasteiger charge is 2.01. The summed E-state index contributed by atoms with van der Waals surface area (Å²) in [6.45, 7) is 2.18. The van der Waals surface area contributed by atoms with E-state index in [9.17, 15) is 5.11 Å². The molecule has 0 radical (unpaired) electrons. The van der Waals surface area contributed by atoms with Crippen LogP contribution in [0.25, 0.3) is 18.2 Å². The summed E-state index contributed by atoms with van der Waals surface area (Å²) in [5, 5.41) is 10.3.